The van der Waals surface area contributed by atoms with Crippen LogP contribution in [0.5, 0.6) is 0 Å². The van der Waals surface area contributed by atoms with Crippen LogP contribution >= 0.6 is 0 Å². The molecule has 1 aliphatic rings. The van der Waals surface area contributed by atoms with E-state index < -0.39 is 5.60 Å². The van der Waals surface area contributed by atoms with E-state index in [2.05, 4.69) is 42.1 Å². The number of aromatic nitrogens is 4. The summed E-state index contributed by atoms with van der Waals surface area (Å²) in [6, 6.07) is 15.1. The van der Waals surface area contributed by atoms with Gasteiger partial charge in [0.1, 0.15) is 23.4 Å². The van der Waals surface area contributed by atoms with Crippen LogP contribution in [0.25, 0.3) is 22.3 Å². The number of nitrogens with zero attached hydrogens (tertiary/aromatic N) is 5. The molecule has 0 radical (unpaired) electrons. The van der Waals surface area contributed by atoms with Crippen LogP contribution in [0, 0.1) is 0 Å². The number of likely N-dealkylation sites (tertiary alicyclic amines) is 1. The van der Waals surface area contributed by atoms with Gasteiger partial charge in [0.05, 0.1) is 11.4 Å². The zero-order chi connectivity index (χ0) is 30.2. The van der Waals surface area contributed by atoms with Crippen molar-refractivity contribution < 1.29 is 14.3 Å². The highest BCUT2D eigenvalue weighted by molar-refractivity contribution is 6.06. The molecule has 0 saturated carbocycles. The number of nitrogens with one attached hydrogen (secondary N) is 1. The first-order valence-electron chi connectivity index (χ1n) is 14.3. The van der Waals surface area contributed by atoms with Gasteiger partial charge in [0.25, 0.3) is 5.91 Å². The number of nitrogens with two attached hydrogens (primary N) is 1. The average Bonchev–Trinajstić information content (AvgIpc) is 3.33. The molecule has 42 heavy (non-hydrogen) atoms. The van der Waals surface area contributed by atoms with Gasteiger partial charge in [0.15, 0.2) is 5.65 Å². The maximum atomic E-state index is 13.3. The Morgan fingerprint density at radius 3 is 2.52 bits per heavy atom. The van der Waals surface area contributed by atoms with E-state index in [4.69, 9.17) is 15.6 Å². The van der Waals surface area contributed by atoms with E-state index in [1.54, 1.807) is 17.0 Å². The molecule has 1 unspecified atom stereocenters. The fourth-order valence-electron chi connectivity index (χ4n) is 5.17. The normalized spacial score (nSPS) is 16.0. The molecule has 2 amide bonds. The molecule has 3 heterocycles. The molecule has 5 rings (SSSR count). The summed E-state index contributed by atoms with van der Waals surface area (Å²) in [7, 11) is 0. The minimum absolute atomic E-state index is 0.0369. The van der Waals surface area contributed by atoms with Crippen molar-refractivity contribution in [2.24, 2.45) is 0 Å². The van der Waals surface area contributed by atoms with Gasteiger partial charge < -0.3 is 20.7 Å². The second-order valence-corrected chi connectivity index (χ2v) is 12.8. The molecule has 2 aromatic carbocycles. The van der Waals surface area contributed by atoms with Gasteiger partial charge in [-0.1, -0.05) is 45.0 Å². The predicted molar refractivity (Wildman–Crippen MR) is 164 cm³/mol. The highest BCUT2D eigenvalue weighted by Gasteiger charge is 2.31. The third-order valence-electron chi connectivity index (χ3n) is 7.30. The molecule has 3 N–H and O–H groups in total. The molecule has 1 aliphatic heterocycles. The second kappa shape index (κ2) is 11.1. The first kappa shape index (κ1) is 29.0. The zero-order valence-corrected chi connectivity index (χ0v) is 25.1. The van der Waals surface area contributed by atoms with E-state index in [0.717, 1.165) is 29.7 Å². The lowest BCUT2D eigenvalue weighted by atomic mass is 9.87. The predicted octanol–water partition coefficient (Wildman–Crippen LogP) is 6.20. The molecule has 1 saturated heterocycles. The fraction of sp³-hybridized carbons (Fsp3) is 0.406. The summed E-state index contributed by atoms with van der Waals surface area (Å²) in [5, 5.41) is 8.60. The van der Waals surface area contributed by atoms with Crippen LogP contribution < -0.4 is 11.1 Å². The van der Waals surface area contributed by atoms with E-state index in [1.807, 2.05) is 55.8 Å². The van der Waals surface area contributed by atoms with E-state index in [-0.39, 0.29) is 23.5 Å². The van der Waals surface area contributed by atoms with Crippen LogP contribution in [-0.2, 0) is 10.2 Å². The third kappa shape index (κ3) is 6.22. The van der Waals surface area contributed by atoms with E-state index in [9.17, 15) is 9.59 Å². The maximum absolute atomic E-state index is 13.3. The standard InChI is InChI=1S/C32H39N7O3/c1-31(2,3)22-12-8-13-23(17-22)36-29(40)21-11-7-10-20(16-21)26-25-27(33)34-19-35-28(25)39(37-26)24-14-9-15-38(18-24)30(41)42-32(4,5)6/h7-8,10-13,16-17,19,24H,9,14-15,18H2,1-6H3,(H,36,40)(H2,33,34,35). The molecule has 10 nitrogen and oxygen atoms in total. The summed E-state index contributed by atoms with van der Waals surface area (Å²) in [5.41, 5.74) is 9.99. The average molecular weight is 570 g/mol. The highest BCUT2D eigenvalue weighted by atomic mass is 16.6. The largest absolute Gasteiger partial charge is 0.444 e. The molecule has 1 fully saturated rings. The van der Waals surface area contributed by atoms with Gasteiger partial charge in [-0.25, -0.2) is 19.4 Å². The Labute approximate surface area is 246 Å². The van der Waals surface area contributed by atoms with Crippen molar-refractivity contribution in [1.82, 2.24) is 24.6 Å². The van der Waals surface area contributed by atoms with Crippen LogP contribution in [0.2, 0.25) is 0 Å². The Morgan fingerprint density at radius 1 is 1.02 bits per heavy atom. The van der Waals surface area contributed by atoms with Crippen molar-refractivity contribution in [3.8, 4) is 11.3 Å². The number of amides is 2. The summed E-state index contributed by atoms with van der Waals surface area (Å²) in [6.45, 7) is 13.0. The van der Waals surface area contributed by atoms with Crippen LogP contribution in [0.4, 0.5) is 16.3 Å². The number of carbonyl (C=O) groups excluding carboxylic acids is 2. The summed E-state index contributed by atoms with van der Waals surface area (Å²) in [6.07, 6.45) is 2.69. The highest BCUT2D eigenvalue weighted by Crippen LogP contribution is 2.34. The summed E-state index contributed by atoms with van der Waals surface area (Å²) in [5.74, 6) is 0.0751. The van der Waals surface area contributed by atoms with Crippen LogP contribution in [0.3, 0.4) is 0 Å². The van der Waals surface area contributed by atoms with Crippen molar-refractivity contribution >= 4 is 34.5 Å². The fourth-order valence-corrected chi connectivity index (χ4v) is 5.17. The number of hydrogen-bond donors (Lipinski definition) is 2. The monoisotopic (exact) mass is 569 g/mol. The Bertz CT molecular complexity index is 1630. The topological polar surface area (TPSA) is 128 Å². The number of nitrogen functional groups attached to an aromatic ring is 1. The number of fused-ring (bicyclic) bond motifs is 1. The smallest absolute Gasteiger partial charge is 0.410 e. The summed E-state index contributed by atoms with van der Waals surface area (Å²) < 4.78 is 7.45. The lowest BCUT2D eigenvalue weighted by molar-refractivity contribution is 0.0169. The van der Waals surface area contributed by atoms with Crippen molar-refractivity contribution in [3.63, 3.8) is 0 Å². The van der Waals surface area contributed by atoms with E-state index >= 15 is 0 Å². The Hall–Kier alpha value is -4.47. The molecular weight excluding hydrogens is 530 g/mol. The molecule has 10 heteroatoms. The molecule has 0 spiro atoms. The number of carbonyl (C=O) groups is 2. The number of benzene rings is 2. The van der Waals surface area contributed by atoms with Crippen molar-refractivity contribution in [3.05, 3.63) is 66.0 Å². The van der Waals surface area contributed by atoms with Gasteiger partial charge in [-0.15, -0.1) is 0 Å². The third-order valence-corrected chi connectivity index (χ3v) is 7.30. The minimum Gasteiger partial charge on any atom is -0.444 e. The molecule has 2 aromatic heterocycles. The Kier molecular flexibility index (Phi) is 7.66. The maximum Gasteiger partial charge on any atom is 0.410 e. The minimum atomic E-state index is -0.579. The Morgan fingerprint density at radius 2 is 1.79 bits per heavy atom. The van der Waals surface area contributed by atoms with E-state index in [1.165, 1.54) is 6.33 Å². The molecule has 220 valence electrons. The SMILES string of the molecule is CC(C)(C)OC(=O)N1CCCC(n2nc(-c3cccc(C(=O)Nc4cccc(C(C)(C)C)c4)c3)c3c(N)ncnc32)C1. The van der Waals surface area contributed by atoms with Gasteiger partial charge in [0, 0.05) is 29.9 Å². The Balaban J connectivity index is 1.46. The van der Waals surface area contributed by atoms with Crippen molar-refractivity contribution in [2.75, 3.05) is 24.1 Å². The van der Waals surface area contributed by atoms with Gasteiger partial charge in [-0.05, 0) is 68.9 Å². The van der Waals surface area contributed by atoms with Crippen molar-refractivity contribution in [2.45, 2.75) is 71.4 Å². The molecular formula is C32H39N7O3. The number of ether oxygens (including phenoxy) is 1. The molecule has 1 atom stereocenters. The summed E-state index contributed by atoms with van der Waals surface area (Å²) >= 11 is 0. The lowest BCUT2D eigenvalue weighted by Gasteiger charge is -2.34. The van der Waals surface area contributed by atoms with Crippen LogP contribution in [0.1, 0.15) is 76.3 Å². The zero-order valence-electron chi connectivity index (χ0n) is 25.1. The number of piperidine rings is 1. The summed E-state index contributed by atoms with van der Waals surface area (Å²) in [4.78, 5) is 36.6. The second-order valence-electron chi connectivity index (χ2n) is 12.8. The first-order valence-corrected chi connectivity index (χ1v) is 14.3. The number of rotatable bonds is 4. The number of anilines is 2. The van der Waals surface area contributed by atoms with Crippen LogP contribution in [0.15, 0.2) is 54.9 Å². The first-order chi connectivity index (χ1) is 19.8. The van der Waals surface area contributed by atoms with Gasteiger partial charge in [0.2, 0.25) is 0 Å². The molecule has 0 bridgehead atoms. The number of hydrogen-bond acceptors (Lipinski definition) is 7. The van der Waals surface area contributed by atoms with Gasteiger partial charge >= 0.3 is 6.09 Å². The van der Waals surface area contributed by atoms with Gasteiger partial charge in [-0.2, -0.15) is 5.10 Å². The lowest BCUT2D eigenvalue weighted by Crippen LogP contribution is -2.43. The molecule has 0 aliphatic carbocycles. The quantitative estimate of drug-likeness (QED) is 0.300. The molecule has 4 aromatic rings. The van der Waals surface area contributed by atoms with Crippen molar-refractivity contribution in [1.29, 1.82) is 0 Å². The van der Waals surface area contributed by atoms with Gasteiger partial charge in [-0.3, -0.25) is 4.79 Å². The van der Waals surface area contributed by atoms with Crippen LogP contribution in [-0.4, -0.2) is 55.3 Å². The van der Waals surface area contributed by atoms with E-state index in [0.29, 0.717) is 41.2 Å².